The zero-order chi connectivity index (χ0) is 13.3. The van der Waals surface area contributed by atoms with Gasteiger partial charge in [0.2, 0.25) is 0 Å². The monoisotopic (exact) mass is 265 g/mol. The Kier molecular flexibility index (Phi) is 4.19. The van der Waals surface area contributed by atoms with Crippen LogP contribution in [0.2, 0.25) is 0 Å². The van der Waals surface area contributed by atoms with Gasteiger partial charge in [0.05, 0.1) is 6.10 Å². The molecule has 0 aromatic rings. The molecule has 3 fully saturated rings. The Morgan fingerprint density at radius 3 is 2.58 bits per heavy atom. The molecule has 4 atom stereocenters. The molecule has 2 nitrogen and oxygen atoms in total. The van der Waals surface area contributed by atoms with E-state index in [1.807, 2.05) is 0 Å². The molecule has 3 rings (SSSR count). The van der Waals surface area contributed by atoms with Crippen molar-refractivity contribution in [3.63, 3.8) is 0 Å². The van der Waals surface area contributed by atoms with Crippen molar-refractivity contribution in [3.05, 3.63) is 0 Å². The van der Waals surface area contributed by atoms with Crippen LogP contribution in [0.25, 0.3) is 0 Å². The summed E-state index contributed by atoms with van der Waals surface area (Å²) in [5.74, 6) is 1.91. The minimum absolute atomic E-state index is 0.514. The van der Waals surface area contributed by atoms with Gasteiger partial charge in [-0.2, -0.15) is 0 Å². The second-order valence-electron chi connectivity index (χ2n) is 7.37. The van der Waals surface area contributed by atoms with Crippen molar-refractivity contribution in [3.8, 4) is 0 Å². The topological polar surface area (TPSA) is 21.3 Å². The molecule has 0 amide bonds. The van der Waals surface area contributed by atoms with Crippen LogP contribution in [-0.2, 0) is 4.74 Å². The molecule has 2 heteroatoms. The number of ether oxygens (including phenoxy) is 1. The van der Waals surface area contributed by atoms with Gasteiger partial charge in [0, 0.05) is 18.1 Å². The van der Waals surface area contributed by atoms with Crippen molar-refractivity contribution in [1.29, 1.82) is 0 Å². The number of rotatable bonds is 5. The van der Waals surface area contributed by atoms with Gasteiger partial charge in [0.1, 0.15) is 0 Å². The Labute approximate surface area is 118 Å². The van der Waals surface area contributed by atoms with E-state index in [4.69, 9.17) is 4.74 Å². The van der Waals surface area contributed by atoms with E-state index >= 15 is 0 Å². The maximum atomic E-state index is 5.99. The summed E-state index contributed by atoms with van der Waals surface area (Å²) >= 11 is 0. The van der Waals surface area contributed by atoms with Gasteiger partial charge in [0.15, 0.2) is 0 Å². The summed E-state index contributed by atoms with van der Waals surface area (Å²) in [4.78, 5) is 0. The Hall–Kier alpha value is -0.0800. The molecule has 0 aromatic heterocycles. The molecule has 0 aliphatic heterocycles. The Balaban J connectivity index is 1.51. The lowest BCUT2D eigenvalue weighted by atomic mass is 9.60. The van der Waals surface area contributed by atoms with Crippen LogP contribution < -0.4 is 5.32 Å². The van der Waals surface area contributed by atoms with Crippen molar-refractivity contribution in [2.24, 2.45) is 17.3 Å². The molecule has 0 aromatic carbocycles. The fourth-order valence-corrected chi connectivity index (χ4v) is 4.99. The Morgan fingerprint density at radius 2 is 1.95 bits per heavy atom. The van der Waals surface area contributed by atoms with Crippen LogP contribution in [0, 0.1) is 17.3 Å². The quantitative estimate of drug-likeness (QED) is 0.817. The average Bonchev–Trinajstić information content (AvgIpc) is 3.03. The third kappa shape index (κ3) is 2.58. The highest BCUT2D eigenvalue weighted by molar-refractivity contribution is 5.10. The van der Waals surface area contributed by atoms with E-state index in [0.717, 1.165) is 24.5 Å². The van der Waals surface area contributed by atoms with E-state index in [0.29, 0.717) is 11.5 Å². The molecule has 1 spiro atoms. The molecule has 110 valence electrons. The standard InChI is InChI=1S/C17H31NO/c1-3-19-16-11-15(17(16)8-4-5-9-17)18-12-14-7-6-13(2)10-14/h13-16,18H,3-12H2,1-2H3. The number of hydrogen-bond acceptors (Lipinski definition) is 2. The fraction of sp³-hybridized carbons (Fsp3) is 1.00. The first-order chi connectivity index (χ1) is 9.24. The van der Waals surface area contributed by atoms with Crippen LogP contribution in [0.1, 0.15) is 65.2 Å². The minimum Gasteiger partial charge on any atom is -0.378 e. The van der Waals surface area contributed by atoms with E-state index in [1.165, 1.54) is 57.9 Å². The summed E-state index contributed by atoms with van der Waals surface area (Å²) in [6.45, 7) is 6.70. The first-order valence-electron chi connectivity index (χ1n) is 8.59. The zero-order valence-corrected chi connectivity index (χ0v) is 12.8. The van der Waals surface area contributed by atoms with Gasteiger partial charge in [-0.05, 0) is 57.4 Å². The highest BCUT2D eigenvalue weighted by Gasteiger charge is 2.56. The van der Waals surface area contributed by atoms with Gasteiger partial charge in [0.25, 0.3) is 0 Å². The molecule has 0 saturated heterocycles. The molecule has 0 bridgehead atoms. The molecular formula is C17H31NO. The highest BCUT2D eigenvalue weighted by Crippen LogP contribution is 2.54. The SMILES string of the molecule is CCOC1CC(NCC2CCC(C)C2)C12CCCC2. The summed E-state index contributed by atoms with van der Waals surface area (Å²) in [5, 5.41) is 3.92. The smallest absolute Gasteiger partial charge is 0.0661 e. The van der Waals surface area contributed by atoms with Gasteiger partial charge in [-0.15, -0.1) is 0 Å². The second kappa shape index (κ2) is 5.73. The minimum atomic E-state index is 0.514. The third-order valence-corrected chi connectivity index (χ3v) is 6.14. The van der Waals surface area contributed by atoms with Crippen LogP contribution in [0.15, 0.2) is 0 Å². The van der Waals surface area contributed by atoms with Crippen molar-refractivity contribution in [2.75, 3.05) is 13.2 Å². The van der Waals surface area contributed by atoms with Crippen LogP contribution in [-0.4, -0.2) is 25.3 Å². The molecule has 1 N–H and O–H groups in total. The average molecular weight is 265 g/mol. The maximum absolute atomic E-state index is 5.99. The second-order valence-corrected chi connectivity index (χ2v) is 7.37. The lowest BCUT2D eigenvalue weighted by Gasteiger charge is -2.54. The van der Waals surface area contributed by atoms with E-state index in [-0.39, 0.29) is 0 Å². The molecule has 0 radical (unpaired) electrons. The van der Waals surface area contributed by atoms with Crippen LogP contribution in [0.4, 0.5) is 0 Å². The molecule has 4 unspecified atom stereocenters. The van der Waals surface area contributed by atoms with Gasteiger partial charge in [-0.3, -0.25) is 0 Å². The first kappa shape index (κ1) is 13.9. The summed E-state index contributed by atoms with van der Waals surface area (Å²) in [6, 6.07) is 0.752. The maximum Gasteiger partial charge on any atom is 0.0661 e. The third-order valence-electron chi connectivity index (χ3n) is 6.14. The number of hydrogen-bond donors (Lipinski definition) is 1. The molecule has 3 saturated carbocycles. The van der Waals surface area contributed by atoms with E-state index < -0.39 is 0 Å². The predicted octanol–water partition coefficient (Wildman–Crippen LogP) is 3.75. The van der Waals surface area contributed by atoms with Crippen molar-refractivity contribution >= 4 is 0 Å². The van der Waals surface area contributed by atoms with Crippen molar-refractivity contribution in [2.45, 2.75) is 77.4 Å². The van der Waals surface area contributed by atoms with Gasteiger partial charge < -0.3 is 10.1 Å². The lowest BCUT2D eigenvalue weighted by Crippen LogP contribution is -2.63. The van der Waals surface area contributed by atoms with Crippen LogP contribution >= 0.6 is 0 Å². The molecular weight excluding hydrogens is 234 g/mol. The van der Waals surface area contributed by atoms with Crippen molar-refractivity contribution in [1.82, 2.24) is 5.32 Å². The molecule has 3 aliphatic rings. The molecule has 19 heavy (non-hydrogen) atoms. The Morgan fingerprint density at radius 1 is 1.16 bits per heavy atom. The molecule has 0 heterocycles. The lowest BCUT2D eigenvalue weighted by molar-refractivity contribution is -0.130. The first-order valence-corrected chi connectivity index (χ1v) is 8.59. The fourth-order valence-electron chi connectivity index (χ4n) is 4.99. The van der Waals surface area contributed by atoms with Gasteiger partial charge >= 0.3 is 0 Å². The summed E-state index contributed by atoms with van der Waals surface area (Å²) in [6.07, 6.45) is 11.8. The van der Waals surface area contributed by atoms with E-state index in [2.05, 4.69) is 19.2 Å². The van der Waals surface area contributed by atoms with Crippen LogP contribution in [0.3, 0.4) is 0 Å². The summed E-state index contributed by atoms with van der Waals surface area (Å²) < 4.78 is 5.99. The van der Waals surface area contributed by atoms with E-state index in [1.54, 1.807) is 0 Å². The zero-order valence-electron chi connectivity index (χ0n) is 12.8. The largest absolute Gasteiger partial charge is 0.378 e. The van der Waals surface area contributed by atoms with Crippen molar-refractivity contribution < 1.29 is 4.74 Å². The van der Waals surface area contributed by atoms with Gasteiger partial charge in [-0.25, -0.2) is 0 Å². The normalized spacial score (nSPS) is 40.7. The van der Waals surface area contributed by atoms with Crippen LogP contribution in [0.5, 0.6) is 0 Å². The summed E-state index contributed by atoms with van der Waals surface area (Å²) in [7, 11) is 0. The van der Waals surface area contributed by atoms with E-state index in [9.17, 15) is 0 Å². The molecule has 3 aliphatic carbocycles. The Bertz CT molecular complexity index is 298. The highest BCUT2D eigenvalue weighted by atomic mass is 16.5. The van der Waals surface area contributed by atoms with Gasteiger partial charge in [-0.1, -0.05) is 26.2 Å². The number of nitrogens with one attached hydrogen (secondary N) is 1. The predicted molar refractivity (Wildman–Crippen MR) is 79.2 cm³/mol. The summed E-state index contributed by atoms with van der Waals surface area (Å²) in [5.41, 5.74) is 0.514.